The molecular formula is C21H29F3IN5O2. The summed E-state index contributed by atoms with van der Waals surface area (Å²) in [6, 6.07) is 5.17. The highest BCUT2D eigenvalue weighted by Crippen LogP contribution is 2.30. The molecule has 2 aromatic rings. The quantitative estimate of drug-likeness (QED) is 0.324. The molecule has 0 amide bonds. The van der Waals surface area contributed by atoms with Crippen LogP contribution in [0.5, 0.6) is 11.5 Å². The van der Waals surface area contributed by atoms with Crippen LogP contribution in [0.15, 0.2) is 41.9 Å². The van der Waals surface area contributed by atoms with E-state index in [9.17, 15) is 13.2 Å². The summed E-state index contributed by atoms with van der Waals surface area (Å²) in [6.45, 7) is 3.03. The van der Waals surface area contributed by atoms with Crippen molar-refractivity contribution < 1.29 is 22.6 Å². The van der Waals surface area contributed by atoms with Gasteiger partial charge in [-0.3, -0.25) is 4.99 Å². The summed E-state index contributed by atoms with van der Waals surface area (Å²) in [7, 11) is 3.14. The SMILES string of the molecule is CN=C(NCc1ccc(OCC(F)(F)F)c(OC)c1)N1CCC(C)C(n2ccnc2)C1.I. The van der Waals surface area contributed by atoms with Crippen LogP contribution >= 0.6 is 24.0 Å². The van der Waals surface area contributed by atoms with E-state index in [0.717, 1.165) is 31.0 Å². The Kier molecular flexibility index (Phi) is 9.47. The van der Waals surface area contributed by atoms with Gasteiger partial charge in [0, 0.05) is 39.1 Å². The van der Waals surface area contributed by atoms with E-state index in [-0.39, 0.29) is 35.5 Å². The van der Waals surface area contributed by atoms with Gasteiger partial charge >= 0.3 is 6.18 Å². The Morgan fingerprint density at radius 1 is 1.31 bits per heavy atom. The topological polar surface area (TPSA) is 63.9 Å². The molecule has 0 spiro atoms. The van der Waals surface area contributed by atoms with Crippen LogP contribution in [0.25, 0.3) is 0 Å². The number of guanidine groups is 1. The Morgan fingerprint density at radius 3 is 2.72 bits per heavy atom. The predicted octanol–water partition coefficient (Wildman–Crippen LogP) is 4.11. The number of likely N-dealkylation sites (tertiary alicyclic amines) is 1. The van der Waals surface area contributed by atoms with Crippen LogP contribution in [-0.4, -0.2) is 60.4 Å². The molecule has 1 fully saturated rings. The molecule has 0 saturated carbocycles. The molecule has 3 rings (SSSR count). The molecule has 1 N–H and O–H groups in total. The monoisotopic (exact) mass is 567 g/mol. The first-order valence-corrected chi connectivity index (χ1v) is 10.1. The van der Waals surface area contributed by atoms with Crippen LogP contribution in [0.2, 0.25) is 0 Å². The lowest BCUT2D eigenvalue weighted by Gasteiger charge is -2.39. The molecule has 0 radical (unpaired) electrons. The number of benzene rings is 1. The number of aliphatic imine (C=N–C) groups is 1. The largest absolute Gasteiger partial charge is 0.493 e. The van der Waals surface area contributed by atoms with Gasteiger partial charge in [-0.2, -0.15) is 13.2 Å². The van der Waals surface area contributed by atoms with Crippen LogP contribution in [0, 0.1) is 5.92 Å². The fraction of sp³-hybridized carbons (Fsp3) is 0.524. The normalized spacial score (nSPS) is 19.3. The molecule has 1 aliphatic rings. The lowest BCUT2D eigenvalue weighted by molar-refractivity contribution is -0.153. The van der Waals surface area contributed by atoms with Crippen molar-refractivity contribution in [2.24, 2.45) is 10.9 Å². The van der Waals surface area contributed by atoms with Gasteiger partial charge in [-0.1, -0.05) is 13.0 Å². The highest BCUT2D eigenvalue weighted by molar-refractivity contribution is 14.0. The van der Waals surface area contributed by atoms with Gasteiger partial charge in [0.15, 0.2) is 24.1 Å². The number of halogens is 4. The van der Waals surface area contributed by atoms with E-state index in [0.29, 0.717) is 18.5 Å². The number of methoxy groups -OCH3 is 1. The van der Waals surface area contributed by atoms with Gasteiger partial charge in [-0.05, 0) is 30.0 Å². The number of aromatic nitrogens is 2. The van der Waals surface area contributed by atoms with Crippen molar-refractivity contribution in [1.82, 2.24) is 19.8 Å². The van der Waals surface area contributed by atoms with Crippen molar-refractivity contribution in [2.45, 2.75) is 32.1 Å². The van der Waals surface area contributed by atoms with Crippen LogP contribution < -0.4 is 14.8 Å². The minimum Gasteiger partial charge on any atom is -0.493 e. The van der Waals surface area contributed by atoms with E-state index in [2.05, 4.69) is 31.7 Å². The zero-order chi connectivity index (χ0) is 22.4. The van der Waals surface area contributed by atoms with Gasteiger partial charge < -0.3 is 24.3 Å². The summed E-state index contributed by atoms with van der Waals surface area (Å²) in [6.07, 6.45) is 2.24. The first kappa shape index (κ1) is 26.1. The van der Waals surface area contributed by atoms with Crippen LogP contribution in [0.3, 0.4) is 0 Å². The summed E-state index contributed by atoms with van der Waals surface area (Å²) >= 11 is 0. The first-order valence-electron chi connectivity index (χ1n) is 10.1. The third-order valence-electron chi connectivity index (χ3n) is 5.41. The van der Waals surface area contributed by atoms with Crippen molar-refractivity contribution in [2.75, 3.05) is 33.9 Å². The smallest absolute Gasteiger partial charge is 0.422 e. The number of ether oxygens (including phenoxy) is 2. The van der Waals surface area contributed by atoms with E-state index in [4.69, 9.17) is 9.47 Å². The van der Waals surface area contributed by atoms with E-state index in [1.807, 2.05) is 12.5 Å². The molecule has 2 heterocycles. The number of piperidine rings is 1. The van der Waals surface area contributed by atoms with Crippen LogP contribution in [0.4, 0.5) is 13.2 Å². The average molecular weight is 567 g/mol. The van der Waals surface area contributed by atoms with Crippen LogP contribution in [0.1, 0.15) is 24.9 Å². The maximum absolute atomic E-state index is 12.4. The molecule has 1 aliphatic heterocycles. The van der Waals surface area contributed by atoms with Crippen molar-refractivity contribution in [3.8, 4) is 11.5 Å². The lowest BCUT2D eigenvalue weighted by atomic mass is 9.93. The van der Waals surface area contributed by atoms with E-state index in [1.54, 1.807) is 25.4 Å². The number of nitrogens with one attached hydrogen (secondary N) is 1. The highest BCUT2D eigenvalue weighted by Gasteiger charge is 2.30. The van der Waals surface area contributed by atoms with E-state index < -0.39 is 12.8 Å². The van der Waals surface area contributed by atoms with Crippen molar-refractivity contribution in [3.05, 3.63) is 42.5 Å². The minimum absolute atomic E-state index is 0. The zero-order valence-corrected chi connectivity index (χ0v) is 20.6. The Labute approximate surface area is 203 Å². The molecule has 2 unspecified atom stereocenters. The zero-order valence-electron chi connectivity index (χ0n) is 18.3. The molecule has 1 saturated heterocycles. The lowest BCUT2D eigenvalue weighted by Crippen LogP contribution is -2.48. The highest BCUT2D eigenvalue weighted by atomic mass is 127. The Bertz CT molecular complexity index is 877. The Balaban J connectivity index is 0.00000363. The molecule has 0 aliphatic carbocycles. The number of hydrogen-bond donors (Lipinski definition) is 1. The molecule has 0 bridgehead atoms. The first-order chi connectivity index (χ1) is 14.8. The second-order valence-electron chi connectivity index (χ2n) is 7.58. The van der Waals surface area contributed by atoms with Gasteiger partial charge in [0.1, 0.15) is 0 Å². The third-order valence-corrected chi connectivity index (χ3v) is 5.41. The summed E-state index contributed by atoms with van der Waals surface area (Å²) in [5, 5.41) is 3.34. The van der Waals surface area contributed by atoms with Crippen molar-refractivity contribution >= 4 is 29.9 Å². The van der Waals surface area contributed by atoms with Gasteiger partial charge in [0.25, 0.3) is 0 Å². The summed E-state index contributed by atoms with van der Waals surface area (Å²) in [5.41, 5.74) is 0.842. The predicted molar refractivity (Wildman–Crippen MR) is 127 cm³/mol. The number of imidazole rings is 1. The molecule has 1 aromatic heterocycles. The maximum atomic E-state index is 12.4. The van der Waals surface area contributed by atoms with E-state index >= 15 is 0 Å². The fourth-order valence-electron chi connectivity index (χ4n) is 3.71. The number of alkyl halides is 3. The molecule has 2 atom stereocenters. The second kappa shape index (κ2) is 11.6. The van der Waals surface area contributed by atoms with E-state index in [1.165, 1.54) is 13.2 Å². The average Bonchev–Trinajstić information content (AvgIpc) is 3.28. The van der Waals surface area contributed by atoms with Crippen LogP contribution in [-0.2, 0) is 6.54 Å². The molecular weight excluding hydrogens is 538 g/mol. The number of nitrogens with zero attached hydrogens (tertiary/aromatic N) is 4. The van der Waals surface area contributed by atoms with Gasteiger partial charge in [-0.25, -0.2) is 4.98 Å². The van der Waals surface area contributed by atoms with Gasteiger partial charge in [0.05, 0.1) is 19.5 Å². The summed E-state index contributed by atoms with van der Waals surface area (Å²) in [5.74, 6) is 1.61. The maximum Gasteiger partial charge on any atom is 0.422 e. The summed E-state index contributed by atoms with van der Waals surface area (Å²) < 4.78 is 49.4. The van der Waals surface area contributed by atoms with Gasteiger partial charge in [-0.15, -0.1) is 24.0 Å². The molecule has 32 heavy (non-hydrogen) atoms. The van der Waals surface area contributed by atoms with Gasteiger partial charge in [0.2, 0.25) is 0 Å². The summed E-state index contributed by atoms with van der Waals surface area (Å²) in [4.78, 5) is 10.8. The fourth-order valence-corrected chi connectivity index (χ4v) is 3.71. The minimum atomic E-state index is -4.40. The second-order valence-corrected chi connectivity index (χ2v) is 7.58. The molecule has 1 aromatic carbocycles. The van der Waals surface area contributed by atoms with Crippen molar-refractivity contribution in [1.29, 1.82) is 0 Å². The third kappa shape index (κ3) is 6.91. The number of rotatable bonds is 6. The molecule has 178 valence electrons. The van der Waals surface area contributed by atoms with Crippen molar-refractivity contribution in [3.63, 3.8) is 0 Å². The standard InChI is InChI=1S/C21H28F3N5O2.HI/c1-15-6-8-28(12-17(15)29-9-7-26-14-29)20(25-2)27-11-16-4-5-18(19(10-16)30-3)31-13-21(22,23)24;/h4-5,7,9-10,14-15,17H,6,8,11-13H2,1-3H3,(H,25,27);1H. The Hall–Kier alpha value is -2.18. The Morgan fingerprint density at radius 2 is 2.09 bits per heavy atom. The number of hydrogen-bond acceptors (Lipinski definition) is 4. The molecule has 7 nitrogen and oxygen atoms in total. The molecule has 11 heteroatoms.